The number of rotatable bonds is 3. The average molecular weight is 194 g/mol. The molecule has 0 fully saturated rings. The molecule has 78 valence electrons. The molecular formula is C11H18N2O. The lowest BCUT2D eigenvalue weighted by Crippen LogP contribution is -2.26. The lowest BCUT2D eigenvalue weighted by atomic mass is 10.1. The smallest absolute Gasteiger partial charge is 0.126 e. The zero-order valence-corrected chi connectivity index (χ0v) is 9.04. The van der Waals surface area contributed by atoms with E-state index in [4.69, 9.17) is 5.11 Å². The van der Waals surface area contributed by atoms with E-state index in [1.165, 1.54) is 0 Å². The Balaban J connectivity index is 2.73. The van der Waals surface area contributed by atoms with Crippen molar-refractivity contribution in [3.05, 3.63) is 23.9 Å². The molecule has 3 nitrogen and oxygen atoms in total. The Morgan fingerprint density at radius 2 is 2.07 bits per heavy atom. The van der Waals surface area contributed by atoms with Gasteiger partial charge in [0.1, 0.15) is 5.82 Å². The number of aliphatic hydroxyl groups excluding tert-OH is 1. The monoisotopic (exact) mass is 194 g/mol. The molecule has 1 aromatic heterocycles. The van der Waals surface area contributed by atoms with Crippen LogP contribution in [-0.4, -0.2) is 22.2 Å². The molecule has 0 saturated heterocycles. The fourth-order valence-electron chi connectivity index (χ4n) is 1.19. The van der Waals surface area contributed by atoms with Crippen LogP contribution in [0.25, 0.3) is 0 Å². The van der Waals surface area contributed by atoms with Crippen LogP contribution in [0.3, 0.4) is 0 Å². The quantitative estimate of drug-likeness (QED) is 0.771. The van der Waals surface area contributed by atoms with Gasteiger partial charge in [0, 0.05) is 24.3 Å². The fourth-order valence-corrected chi connectivity index (χ4v) is 1.19. The molecule has 0 atom stereocenters. The van der Waals surface area contributed by atoms with Gasteiger partial charge in [-0.3, -0.25) is 0 Å². The molecule has 0 aromatic carbocycles. The molecule has 1 rings (SSSR count). The molecule has 14 heavy (non-hydrogen) atoms. The molecule has 0 aliphatic heterocycles. The number of anilines is 1. The van der Waals surface area contributed by atoms with E-state index in [0.717, 1.165) is 11.5 Å². The highest BCUT2D eigenvalue weighted by molar-refractivity contribution is 5.37. The second kappa shape index (κ2) is 4.42. The van der Waals surface area contributed by atoms with Crippen LogP contribution in [-0.2, 0) is 6.42 Å². The molecule has 3 heteroatoms. The Hall–Kier alpha value is -1.09. The van der Waals surface area contributed by atoms with Gasteiger partial charge in [-0.15, -0.1) is 0 Å². The summed E-state index contributed by atoms with van der Waals surface area (Å²) >= 11 is 0. The number of nitrogens with one attached hydrogen (secondary N) is 1. The van der Waals surface area contributed by atoms with Gasteiger partial charge in [0.25, 0.3) is 0 Å². The highest BCUT2D eigenvalue weighted by Crippen LogP contribution is 2.12. The third-order valence-electron chi connectivity index (χ3n) is 1.68. The summed E-state index contributed by atoms with van der Waals surface area (Å²) in [5, 5.41) is 12.1. The van der Waals surface area contributed by atoms with Gasteiger partial charge in [0.15, 0.2) is 0 Å². The number of aromatic nitrogens is 1. The fraction of sp³-hybridized carbons (Fsp3) is 0.545. The van der Waals surface area contributed by atoms with E-state index >= 15 is 0 Å². The summed E-state index contributed by atoms with van der Waals surface area (Å²) in [4.78, 5) is 4.38. The first-order valence-corrected chi connectivity index (χ1v) is 4.86. The normalized spacial score (nSPS) is 11.4. The van der Waals surface area contributed by atoms with Crippen molar-refractivity contribution >= 4 is 5.82 Å². The Morgan fingerprint density at radius 3 is 2.64 bits per heavy atom. The van der Waals surface area contributed by atoms with Crippen molar-refractivity contribution in [3.63, 3.8) is 0 Å². The van der Waals surface area contributed by atoms with Crippen LogP contribution in [0.1, 0.15) is 26.5 Å². The molecule has 0 amide bonds. The highest BCUT2D eigenvalue weighted by Gasteiger charge is 2.09. The van der Waals surface area contributed by atoms with Gasteiger partial charge in [0.05, 0.1) is 0 Å². The predicted molar refractivity (Wildman–Crippen MR) is 58.4 cm³/mol. The van der Waals surface area contributed by atoms with E-state index in [1.807, 2.05) is 18.2 Å². The average Bonchev–Trinajstić information content (AvgIpc) is 2.02. The number of nitrogens with zero attached hydrogens (tertiary/aromatic N) is 1. The lowest BCUT2D eigenvalue weighted by Gasteiger charge is -2.21. The molecule has 0 aliphatic rings. The van der Waals surface area contributed by atoms with Gasteiger partial charge in [-0.2, -0.15) is 0 Å². The Bertz CT molecular complexity index is 292. The van der Waals surface area contributed by atoms with Crippen molar-refractivity contribution in [1.82, 2.24) is 4.98 Å². The van der Waals surface area contributed by atoms with Crippen LogP contribution in [0.4, 0.5) is 5.82 Å². The first-order valence-electron chi connectivity index (χ1n) is 4.86. The lowest BCUT2D eigenvalue weighted by molar-refractivity contribution is 0.298. The van der Waals surface area contributed by atoms with Crippen molar-refractivity contribution in [2.75, 3.05) is 11.9 Å². The minimum Gasteiger partial charge on any atom is -0.396 e. The van der Waals surface area contributed by atoms with Crippen molar-refractivity contribution in [2.24, 2.45) is 0 Å². The Kier molecular flexibility index (Phi) is 3.47. The van der Waals surface area contributed by atoms with Crippen LogP contribution < -0.4 is 5.32 Å². The topological polar surface area (TPSA) is 45.1 Å². The van der Waals surface area contributed by atoms with E-state index in [9.17, 15) is 0 Å². The van der Waals surface area contributed by atoms with Gasteiger partial charge in [-0.1, -0.05) is 6.07 Å². The van der Waals surface area contributed by atoms with Gasteiger partial charge in [-0.25, -0.2) is 4.98 Å². The zero-order valence-electron chi connectivity index (χ0n) is 9.04. The van der Waals surface area contributed by atoms with Crippen LogP contribution in [0, 0.1) is 0 Å². The standard InChI is InChI=1S/C11H18N2O/c1-11(2,3)13-10-6-4-5-9(12-10)7-8-14/h4-6,14H,7-8H2,1-3H3,(H,12,13). The molecule has 0 spiro atoms. The first-order chi connectivity index (χ1) is 6.51. The van der Waals surface area contributed by atoms with E-state index in [0.29, 0.717) is 6.42 Å². The Morgan fingerprint density at radius 1 is 1.36 bits per heavy atom. The Labute approximate surface area is 85.2 Å². The van der Waals surface area contributed by atoms with Gasteiger partial charge >= 0.3 is 0 Å². The van der Waals surface area contributed by atoms with Gasteiger partial charge in [0.2, 0.25) is 0 Å². The summed E-state index contributed by atoms with van der Waals surface area (Å²) in [6.07, 6.45) is 0.611. The molecule has 0 unspecified atom stereocenters. The number of aliphatic hydroxyl groups is 1. The second-order valence-corrected chi connectivity index (χ2v) is 4.36. The maximum absolute atomic E-state index is 8.78. The molecule has 0 aliphatic carbocycles. The maximum atomic E-state index is 8.78. The summed E-state index contributed by atoms with van der Waals surface area (Å²) in [6.45, 7) is 6.42. The molecular weight excluding hydrogens is 176 g/mol. The van der Waals surface area contributed by atoms with E-state index in [1.54, 1.807) is 0 Å². The highest BCUT2D eigenvalue weighted by atomic mass is 16.3. The molecule has 2 N–H and O–H groups in total. The van der Waals surface area contributed by atoms with Gasteiger partial charge in [-0.05, 0) is 32.9 Å². The van der Waals surface area contributed by atoms with Crippen LogP contribution >= 0.6 is 0 Å². The van der Waals surface area contributed by atoms with Crippen molar-refractivity contribution in [2.45, 2.75) is 32.7 Å². The first kappa shape index (κ1) is 11.0. The molecule has 1 heterocycles. The van der Waals surface area contributed by atoms with Crippen LogP contribution in [0.5, 0.6) is 0 Å². The third-order valence-corrected chi connectivity index (χ3v) is 1.68. The second-order valence-electron chi connectivity index (χ2n) is 4.36. The van der Waals surface area contributed by atoms with E-state index in [2.05, 4.69) is 31.1 Å². The third kappa shape index (κ3) is 3.75. The van der Waals surface area contributed by atoms with Crippen molar-refractivity contribution in [3.8, 4) is 0 Å². The summed E-state index contributed by atoms with van der Waals surface area (Å²) in [7, 11) is 0. The van der Waals surface area contributed by atoms with E-state index in [-0.39, 0.29) is 12.1 Å². The van der Waals surface area contributed by atoms with Crippen LogP contribution in [0.2, 0.25) is 0 Å². The molecule has 0 bridgehead atoms. The minimum absolute atomic E-state index is 0.0187. The molecule has 0 radical (unpaired) electrons. The molecule has 1 aromatic rings. The van der Waals surface area contributed by atoms with Crippen LogP contribution in [0.15, 0.2) is 18.2 Å². The SMILES string of the molecule is CC(C)(C)Nc1cccc(CCO)n1. The summed E-state index contributed by atoms with van der Waals surface area (Å²) < 4.78 is 0. The number of hydrogen-bond acceptors (Lipinski definition) is 3. The summed E-state index contributed by atoms with van der Waals surface area (Å²) in [5.41, 5.74) is 0.937. The number of hydrogen-bond donors (Lipinski definition) is 2. The largest absolute Gasteiger partial charge is 0.396 e. The van der Waals surface area contributed by atoms with Gasteiger partial charge < -0.3 is 10.4 Å². The van der Waals surface area contributed by atoms with Crippen molar-refractivity contribution < 1.29 is 5.11 Å². The minimum atomic E-state index is 0.0187. The maximum Gasteiger partial charge on any atom is 0.126 e. The summed E-state index contributed by atoms with van der Waals surface area (Å²) in [6, 6.07) is 5.81. The molecule has 0 saturated carbocycles. The van der Waals surface area contributed by atoms with Crippen molar-refractivity contribution in [1.29, 1.82) is 0 Å². The predicted octanol–water partition coefficient (Wildman–Crippen LogP) is 1.83. The van der Waals surface area contributed by atoms with E-state index < -0.39 is 0 Å². The summed E-state index contributed by atoms with van der Waals surface area (Å²) in [5.74, 6) is 0.864. The number of pyridine rings is 1. The zero-order chi connectivity index (χ0) is 10.6.